The Morgan fingerprint density at radius 1 is 0.618 bits per heavy atom. The first kappa shape index (κ1) is 36.0. The fourth-order valence-electron chi connectivity index (χ4n) is 1.76. The van der Waals surface area contributed by atoms with Crippen molar-refractivity contribution < 1.29 is 108 Å². The normalized spacial score (nSPS) is 15.2. The minimum atomic E-state index is -8.25. The minimum Gasteiger partial charge on any atom is -0.748 e. The van der Waals surface area contributed by atoms with E-state index in [1.807, 2.05) is 0 Å². The SMILES string of the molecule is O=S(=O)([O-])CCNCCCNS(=O)(=O)C(F)(F)C(F)(F)C(F)(F)C(F)(F)C(F)(F)C(F)(F)F.[Na+]. The molecule has 2 N–H and O–H groups in total. The molecule has 0 unspecified atom stereocenters. The summed E-state index contributed by atoms with van der Waals surface area (Å²) in [6.07, 6.45) is -8.32. The van der Waals surface area contributed by atoms with E-state index in [2.05, 4.69) is 5.32 Å². The molecule has 0 aromatic carbocycles. The van der Waals surface area contributed by atoms with E-state index in [0.29, 0.717) is 4.72 Å². The van der Waals surface area contributed by atoms with Crippen LogP contribution in [0.15, 0.2) is 0 Å². The molecular weight excluding hydrogens is 574 g/mol. The summed E-state index contributed by atoms with van der Waals surface area (Å²) in [6.45, 7) is -2.40. The number of hydrogen-bond donors (Lipinski definition) is 2. The molecular formula is C11H12F13N2NaO5S2. The van der Waals surface area contributed by atoms with Crippen molar-refractivity contribution in [1.82, 2.24) is 10.0 Å². The standard InChI is InChI=1S/C11H13F13N2O5S2.Na/c12-6(13,8(16,17)10(20,21)22)7(14,15)9(18,19)11(23,24)33(30,31)26-3-1-2-25-4-5-32(27,28)29;/h25-26H,1-5H2,(H,27,28,29);/q;+1/p-1. The first-order chi connectivity index (χ1) is 14.2. The topological polar surface area (TPSA) is 115 Å². The van der Waals surface area contributed by atoms with Gasteiger partial charge in [0.05, 0.1) is 15.9 Å². The van der Waals surface area contributed by atoms with E-state index in [9.17, 15) is 78.5 Å². The number of rotatable bonds is 13. The molecule has 0 aliphatic heterocycles. The number of hydrogen-bond acceptors (Lipinski definition) is 6. The largest absolute Gasteiger partial charge is 1.00 e. The molecule has 0 aromatic rings. The summed E-state index contributed by atoms with van der Waals surface area (Å²) in [6, 6.07) is 0. The van der Waals surface area contributed by atoms with Gasteiger partial charge in [0.25, 0.3) is 10.0 Å². The maximum Gasteiger partial charge on any atom is 1.00 e. The van der Waals surface area contributed by atoms with E-state index in [0.717, 1.165) is 0 Å². The van der Waals surface area contributed by atoms with Crippen LogP contribution in [0.5, 0.6) is 0 Å². The minimum absolute atomic E-state index is 0. The second-order valence-electron chi connectivity index (χ2n) is 6.08. The van der Waals surface area contributed by atoms with Gasteiger partial charge in [-0.15, -0.1) is 0 Å². The van der Waals surface area contributed by atoms with Crippen molar-refractivity contribution in [1.29, 1.82) is 0 Å². The van der Waals surface area contributed by atoms with Gasteiger partial charge >= 0.3 is 64.7 Å². The number of sulfonamides is 1. The molecule has 0 aliphatic rings. The van der Waals surface area contributed by atoms with Gasteiger partial charge in [0.15, 0.2) is 0 Å². The van der Waals surface area contributed by atoms with E-state index in [-0.39, 0.29) is 29.6 Å². The van der Waals surface area contributed by atoms with E-state index < -0.39 is 87.1 Å². The zero-order valence-electron chi connectivity index (χ0n) is 16.3. The van der Waals surface area contributed by atoms with Gasteiger partial charge in [0, 0.05) is 13.1 Å². The van der Waals surface area contributed by atoms with Crippen molar-refractivity contribution in [3.8, 4) is 0 Å². The van der Waals surface area contributed by atoms with E-state index in [1.54, 1.807) is 0 Å². The summed E-state index contributed by atoms with van der Waals surface area (Å²) in [5, 5.41) is -5.22. The Balaban J connectivity index is 0. The molecule has 0 spiro atoms. The molecule has 0 aromatic heterocycles. The number of halogens is 13. The van der Waals surface area contributed by atoms with Gasteiger partial charge in [-0.25, -0.2) is 21.6 Å². The zero-order valence-corrected chi connectivity index (χ0v) is 19.9. The summed E-state index contributed by atoms with van der Waals surface area (Å²) in [7, 11) is -11.8. The average molecular weight is 586 g/mol. The Kier molecular flexibility index (Phi) is 11.8. The summed E-state index contributed by atoms with van der Waals surface area (Å²) in [5.74, 6) is -33.4. The first-order valence-corrected chi connectivity index (χ1v) is 10.9. The van der Waals surface area contributed by atoms with Gasteiger partial charge < -0.3 is 9.87 Å². The Labute approximate surface area is 204 Å². The van der Waals surface area contributed by atoms with Gasteiger partial charge in [-0.1, -0.05) is 0 Å². The van der Waals surface area contributed by atoms with Gasteiger partial charge in [-0.3, -0.25) is 0 Å². The summed E-state index contributed by atoms with van der Waals surface area (Å²) >= 11 is 0. The zero-order chi connectivity index (χ0) is 26.9. The quantitative estimate of drug-likeness (QED) is 0.126. The van der Waals surface area contributed by atoms with Crippen molar-refractivity contribution in [2.45, 2.75) is 41.5 Å². The molecule has 0 radical (unpaired) electrons. The molecule has 0 saturated heterocycles. The number of alkyl halides is 13. The maximum atomic E-state index is 13.6. The average Bonchev–Trinajstić information content (AvgIpc) is 2.57. The van der Waals surface area contributed by atoms with Crippen LogP contribution in [0, 0.1) is 0 Å². The van der Waals surface area contributed by atoms with Crippen LogP contribution in [0.2, 0.25) is 0 Å². The Morgan fingerprint density at radius 2 is 1.03 bits per heavy atom. The van der Waals surface area contributed by atoms with Crippen LogP contribution >= 0.6 is 0 Å². The molecule has 200 valence electrons. The van der Waals surface area contributed by atoms with Gasteiger partial charge in [-0.2, -0.15) is 57.1 Å². The van der Waals surface area contributed by atoms with Crippen LogP contribution in [0.1, 0.15) is 6.42 Å². The first-order valence-electron chi connectivity index (χ1n) is 7.80. The Hall–Kier alpha value is -0.130. The van der Waals surface area contributed by atoms with Crippen molar-refractivity contribution in [2.24, 2.45) is 0 Å². The maximum absolute atomic E-state index is 13.6. The van der Waals surface area contributed by atoms with Crippen molar-refractivity contribution in [3.05, 3.63) is 0 Å². The van der Waals surface area contributed by atoms with Crippen LogP contribution in [0.25, 0.3) is 0 Å². The molecule has 0 atom stereocenters. The van der Waals surface area contributed by atoms with Gasteiger partial charge in [-0.05, 0) is 13.0 Å². The van der Waals surface area contributed by atoms with Crippen molar-refractivity contribution in [3.63, 3.8) is 0 Å². The number of nitrogens with one attached hydrogen (secondary N) is 2. The van der Waals surface area contributed by atoms with Crippen LogP contribution in [0.3, 0.4) is 0 Å². The molecule has 0 bridgehead atoms. The molecule has 0 heterocycles. The van der Waals surface area contributed by atoms with Crippen molar-refractivity contribution >= 4 is 20.1 Å². The second-order valence-corrected chi connectivity index (χ2v) is 9.41. The predicted molar refractivity (Wildman–Crippen MR) is 79.8 cm³/mol. The van der Waals surface area contributed by atoms with E-state index in [4.69, 9.17) is 0 Å². The monoisotopic (exact) mass is 586 g/mol. The van der Waals surface area contributed by atoms with Crippen LogP contribution in [0.4, 0.5) is 57.1 Å². The molecule has 0 saturated carbocycles. The smallest absolute Gasteiger partial charge is 0.748 e. The predicted octanol–water partition coefficient (Wildman–Crippen LogP) is -0.869. The molecule has 0 aliphatic carbocycles. The third-order valence-electron chi connectivity index (χ3n) is 3.59. The third kappa shape index (κ3) is 7.00. The summed E-state index contributed by atoms with van der Waals surface area (Å²) in [4.78, 5) is 0. The summed E-state index contributed by atoms with van der Waals surface area (Å²) in [5.41, 5.74) is 0. The molecule has 7 nitrogen and oxygen atoms in total. The van der Waals surface area contributed by atoms with E-state index in [1.165, 1.54) is 0 Å². The van der Waals surface area contributed by atoms with Gasteiger partial charge in [0.1, 0.15) is 0 Å². The van der Waals surface area contributed by atoms with Crippen LogP contribution in [-0.4, -0.2) is 81.9 Å². The van der Waals surface area contributed by atoms with Gasteiger partial charge in [0.2, 0.25) is 0 Å². The fourth-order valence-corrected chi connectivity index (χ4v) is 3.21. The molecule has 34 heavy (non-hydrogen) atoms. The van der Waals surface area contributed by atoms with E-state index >= 15 is 0 Å². The van der Waals surface area contributed by atoms with Crippen molar-refractivity contribution in [2.75, 3.05) is 25.4 Å². The van der Waals surface area contributed by atoms with Crippen LogP contribution < -0.4 is 39.6 Å². The second kappa shape index (κ2) is 11.1. The molecule has 0 amide bonds. The van der Waals surface area contributed by atoms with Crippen LogP contribution in [-0.2, 0) is 20.1 Å². The molecule has 23 heteroatoms. The molecule has 0 rings (SSSR count). The molecule has 0 fully saturated rings. The Morgan fingerprint density at radius 3 is 1.41 bits per heavy atom. The Bertz CT molecular complexity index is 893. The fraction of sp³-hybridized carbons (Fsp3) is 1.00. The summed E-state index contributed by atoms with van der Waals surface area (Å²) < 4.78 is 222. The third-order valence-corrected chi connectivity index (χ3v) is 5.81.